The summed E-state index contributed by atoms with van der Waals surface area (Å²) in [6.07, 6.45) is 1.44. The smallest absolute Gasteiger partial charge is 0.329 e. The SMILES string of the molecule is O=C(NC1(C(=O)O)CCC1)c1cc(Cl)ccc1F. The summed E-state index contributed by atoms with van der Waals surface area (Å²) in [5.41, 5.74) is -1.50. The van der Waals surface area contributed by atoms with Crippen molar-refractivity contribution in [2.24, 2.45) is 0 Å². The van der Waals surface area contributed by atoms with Gasteiger partial charge in [-0.2, -0.15) is 0 Å². The Morgan fingerprint density at radius 1 is 1.39 bits per heavy atom. The number of benzene rings is 1. The molecule has 0 spiro atoms. The molecule has 2 rings (SSSR count). The minimum Gasteiger partial charge on any atom is -0.480 e. The number of carbonyl (C=O) groups excluding carboxylic acids is 1. The maximum atomic E-state index is 13.5. The maximum Gasteiger partial charge on any atom is 0.329 e. The second-order valence-electron chi connectivity index (χ2n) is 4.32. The zero-order valence-corrected chi connectivity index (χ0v) is 10.1. The fourth-order valence-corrected chi connectivity index (χ4v) is 2.05. The Labute approximate surface area is 108 Å². The Kier molecular flexibility index (Phi) is 3.26. The highest BCUT2D eigenvalue weighted by molar-refractivity contribution is 6.31. The number of carbonyl (C=O) groups is 2. The van der Waals surface area contributed by atoms with E-state index in [1.54, 1.807) is 0 Å². The summed E-state index contributed by atoms with van der Waals surface area (Å²) in [5.74, 6) is -2.57. The second kappa shape index (κ2) is 4.57. The zero-order chi connectivity index (χ0) is 13.3. The molecule has 0 unspecified atom stereocenters. The van der Waals surface area contributed by atoms with Crippen LogP contribution in [0.4, 0.5) is 4.39 Å². The van der Waals surface area contributed by atoms with Gasteiger partial charge in [0.15, 0.2) is 0 Å². The van der Waals surface area contributed by atoms with E-state index in [0.717, 1.165) is 12.5 Å². The van der Waals surface area contributed by atoms with Gasteiger partial charge in [0.2, 0.25) is 0 Å². The van der Waals surface area contributed by atoms with Crippen molar-refractivity contribution in [3.05, 3.63) is 34.6 Å². The van der Waals surface area contributed by atoms with Crippen LogP contribution < -0.4 is 5.32 Å². The highest BCUT2D eigenvalue weighted by Gasteiger charge is 2.46. The monoisotopic (exact) mass is 271 g/mol. The molecule has 18 heavy (non-hydrogen) atoms. The average Bonchev–Trinajstić information content (AvgIpc) is 2.26. The van der Waals surface area contributed by atoms with E-state index < -0.39 is 23.2 Å². The Morgan fingerprint density at radius 3 is 2.56 bits per heavy atom. The molecular weight excluding hydrogens is 261 g/mol. The molecule has 1 aromatic rings. The Balaban J connectivity index is 2.22. The van der Waals surface area contributed by atoms with E-state index in [0.29, 0.717) is 12.8 Å². The molecule has 1 amide bonds. The van der Waals surface area contributed by atoms with E-state index in [-0.39, 0.29) is 10.6 Å². The molecule has 0 aromatic heterocycles. The van der Waals surface area contributed by atoms with E-state index in [1.165, 1.54) is 12.1 Å². The van der Waals surface area contributed by atoms with Crippen molar-refractivity contribution in [2.75, 3.05) is 0 Å². The predicted octanol–water partition coefficient (Wildman–Crippen LogP) is 2.22. The van der Waals surface area contributed by atoms with Crippen LogP contribution in [-0.2, 0) is 4.79 Å². The molecule has 4 nitrogen and oxygen atoms in total. The van der Waals surface area contributed by atoms with E-state index in [9.17, 15) is 14.0 Å². The van der Waals surface area contributed by atoms with Crippen LogP contribution in [0.15, 0.2) is 18.2 Å². The van der Waals surface area contributed by atoms with E-state index in [1.807, 2.05) is 0 Å². The number of amides is 1. The summed E-state index contributed by atoms with van der Waals surface area (Å²) in [4.78, 5) is 22.9. The predicted molar refractivity (Wildman–Crippen MR) is 63.1 cm³/mol. The molecule has 1 aliphatic rings. The van der Waals surface area contributed by atoms with Crippen molar-refractivity contribution < 1.29 is 19.1 Å². The molecule has 0 heterocycles. The summed E-state index contributed by atoms with van der Waals surface area (Å²) < 4.78 is 13.5. The van der Waals surface area contributed by atoms with Crippen LogP contribution in [0.2, 0.25) is 5.02 Å². The fourth-order valence-electron chi connectivity index (χ4n) is 1.88. The third-order valence-electron chi connectivity index (χ3n) is 3.14. The lowest BCUT2D eigenvalue weighted by atomic mass is 9.76. The molecule has 2 N–H and O–H groups in total. The molecule has 0 atom stereocenters. The van der Waals surface area contributed by atoms with Crippen LogP contribution in [0.3, 0.4) is 0 Å². The van der Waals surface area contributed by atoms with Crippen molar-refractivity contribution in [3.63, 3.8) is 0 Å². The van der Waals surface area contributed by atoms with E-state index in [4.69, 9.17) is 16.7 Å². The quantitative estimate of drug-likeness (QED) is 0.886. The minimum absolute atomic E-state index is 0.222. The number of hydrogen-bond acceptors (Lipinski definition) is 2. The fraction of sp³-hybridized carbons (Fsp3) is 0.333. The highest BCUT2D eigenvalue weighted by Crippen LogP contribution is 2.32. The Morgan fingerprint density at radius 2 is 2.06 bits per heavy atom. The zero-order valence-electron chi connectivity index (χ0n) is 9.37. The molecule has 96 valence electrons. The van der Waals surface area contributed by atoms with Crippen molar-refractivity contribution in [2.45, 2.75) is 24.8 Å². The molecule has 0 bridgehead atoms. The normalized spacial score (nSPS) is 16.8. The topological polar surface area (TPSA) is 66.4 Å². The minimum atomic E-state index is -1.26. The van der Waals surface area contributed by atoms with Crippen LogP contribution in [0.25, 0.3) is 0 Å². The van der Waals surface area contributed by atoms with Crippen molar-refractivity contribution in [1.29, 1.82) is 0 Å². The molecular formula is C12H11ClFNO3. The van der Waals surface area contributed by atoms with Gasteiger partial charge < -0.3 is 10.4 Å². The largest absolute Gasteiger partial charge is 0.480 e. The molecule has 1 saturated carbocycles. The summed E-state index contributed by atoms with van der Waals surface area (Å²) in [6, 6.07) is 3.58. The standard InChI is InChI=1S/C12H11ClFNO3/c13-7-2-3-9(14)8(6-7)10(16)15-12(11(17)18)4-1-5-12/h2-3,6H,1,4-5H2,(H,15,16)(H,17,18). The lowest BCUT2D eigenvalue weighted by Gasteiger charge is -2.38. The number of halogens is 2. The van der Waals surface area contributed by atoms with Crippen molar-refractivity contribution in [3.8, 4) is 0 Å². The number of carboxylic acids is 1. The first-order valence-electron chi connectivity index (χ1n) is 5.45. The van der Waals surface area contributed by atoms with E-state index >= 15 is 0 Å². The molecule has 1 aliphatic carbocycles. The lowest BCUT2D eigenvalue weighted by Crippen LogP contribution is -2.59. The summed E-state index contributed by atoms with van der Waals surface area (Å²) in [5, 5.41) is 11.7. The van der Waals surface area contributed by atoms with Gasteiger partial charge in [-0.05, 0) is 37.5 Å². The Hall–Kier alpha value is -1.62. The summed E-state index contributed by atoms with van der Waals surface area (Å²) in [6.45, 7) is 0. The van der Waals surface area contributed by atoms with Crippen LogP contribution in [0, 0.1) is 5.82 Å². The molecule has 1 aromatic carbocycles. The molecule has 6 heteroatoms. The van der Waals surface area contributed by atoms with Gasteiger partial charge in [-0.3, -0.25) is 4.79 Å². The van der Waals surface area contributed by atoms with Crippen LogP contribution in [-0.4, -0.2) is 22.5 Å². The van der Waals surface area contributed by atoms with Gasteiger partial charge >= 0.3 is 5.97 Å². The average molecular weight is 272 g/mol. The Bertz CT molecular complexity index is 514. The molecule has 0 aliphatic heterocycles. The van der Waals surface area contributed by atoms with Crippen LogP contribution in [0.5, 0.6) is 0 Å². The van der Waals surface area contributed by atoms with Gasteiger partial charge in [0.25, 0.3) is 5.91 Å². The highest BCUT2D eigenvalue weighted by atomic mass is 35.5. The molecule has 0 radical (unpaired) electrons. The molecule has 1 fully saturated rings. The van der Waals surface area contributed by atoms with E-state index in [2.05, 4.69) is 5.32 Å². The van der Waals surface area contributed by atoms with Crippen molar-refractivity contribution in [1.82, 2.24) is 5.32 Å². The first kappa shape index (κ1) is 12.8. The number of hydrogen-bond donors (Lipinski definition) is 2. The number of rotatable bonds is 3. The van der Waals surface area contributed by atoms with Gasteiger partial charge in [0.1, 0.15) is 11.4 Å². The summed E-state index contributed by atoms with van der Waals surface area (Å²) in [7, 11) is 0. The van der Waals surface area contributed by atoms with Crippen LogP contribution >= 0.6 is 11.6 Å². The first-order valence-corrected chi connectivity index (χ1v) is 5.83. The van der Waals surface area contributed by atoms with Gasteiger partial charge in [0.05, 0.1) is 5.56 Å². The van der Waals surface area contributed by atoms with Gasteiger partial charge in [-0.25, -0.2) is 9.18 Å². The third kappa shape index (κ3) is 2.18. The van der Waals surface area contributed by atoms with Gasteiger partial charge in [-0.1, -0.05) is 11.6 Å². The second-order valence-corrected chi connectivity index (χ2v) is 4.76. The lowest BCUT2D eigenvalue weighted by molar-refractivity contribution is -0.148. The summed E-state index contributed by atoms with van der Waals surface area (Å²) >= 11 is 5.68. The van der Waals surface area contributed by atoms with Gasteiger partial charge in [0, 0.05) is 5.02 Å². The maximum absolute atomic E-state index is 13.5. The third-order valence-corrected chi connectivity index (χ3v) is 3.38. The first-order chi connectivity index (χ1) is 8.44. The van der Waals surface area contributed by atoms with Gasteiger partial charge in [-0.15, -0.1) is 0 Å². The number of nitrogens with one attached hydrogen (secondary N) is 1. The molecule has 0 saturated heterocycles. The van der Waals surface area contributed by atoms with Crippen LogP contribution in [0.1, 0.15) is 29.6 Å². The number of carboxylic acid groups (broad SMARTS) is 1. The van der Waals surface area contributed by atoms with Crippen molar-refractivity contribution >= 4 is 23.5 Å². The number of aliphatic carboxylic acids is 1.